The Balaban J connectivity index is 1.07. The Morgan fingerprint density at radius 2 is 0.820 bits per heavy atom. The van der Waals surface area contributed by atoms with Gasteiger partial charge in [0.1, 0.15) is 0 Å². The maximum atomic E-state index is 5.38. The summed E-state index contributed by atoms with van der Waals surface area (Å²) < 4.78 is 2.59. The van der Waals surface area contributed by atoms with E-state index in [1.807, 2.05) is 17.4 Å². The van der Waals surface area contributed by atoms with Gasteiger partial charge in [-0.25, -0.2) is 15.0 Å². The molecule has 0 unspecified atom stereocenters. The van der Waals surface area contributed by atoms with Crippen LogP contribution in [0.2, 0.25) is 0 Å². The Hall–Kier alpha value is -7.79. The first-order valence-electron chi connectivity index (χ1n) is 20.6. The van der Waals surface area contributed by atoms with Gasteiger partial charge >= 0.3 is 0 Å². The highest BCUT2D eigenvalue weighted by Crippen LogP contribution is 2.44. The van der Waals surface area contributed by atoms with E-state index >= 15 is 0 Å². The SMILES string of the molecule is c1ccc(-c2ccccc2-c2nc(-c3ccc(-c4cccc5c4sc4ccccc45)cc3)nc(-c3ccccc3-c3c4ccccc4cc4c3ccc3ccccc34)n2)cc1. The second-order valence-electron chi connectivity index (χ2n) is 15.5. The monoisotopic (exact) mass is 793 g/mol. The second-order valence-corrected chi connectivity index (χ2v) is 16.5. The zero-order valence-electron chi connectivity index (χ0n) is 33.0. The van der Waals surface area contributed by atoms with Gasteiger partial charge in [-0.05, 0) is 77.8 Å². The third-order valence-corrected chi connectivity index (χ3v) is 13.2. The summed E-state index contributed by atoms with van der Waals surface area (Å²) in [4.78, 5) is 16.0. The molecule has 0 aliphatic rings. The summed E-state index contributed by atoms with van der Waals surface area (Å²) in [6.07, 6.45) is 0. The summed E-state index contributed by atoms with van der Waals surface area (Å²) in [5, 5.41) is 9.84. The van der Waals surface area contributed by atoms with Crippen LogP contribution in [0, 0.1) is 0 Å². The van der Waals surface area contributed by atoms with Gasteiger partial charge in [0.15, 0.2) is 17.5 Å². The van der Waals surface area contributed by atoms with Crippen LogP contribution in [0.4, 0.5) is 0 Å². The summed E-state index contributed by atoms with van der Waals surface area (Å²) in [6.45, 7) is 0. The number of hydrogen-bond acceptors (Lipinski definition) is 4. The average Bonchev–Trinajstić information content (AvgIpc) is 3.72. The second kappa shape index (κ2) is 14.5. The molecule has 12 rings (SSSR count). The van der Waals surface area contributed by atoms with Gasteiger partial charge in [-0.2, -0.15) is 0 Å². The van der Waals surface area contributed by atoms with Gasteiger partial charge < -0.3 is 0 Å². The van der Waals surface area contributed by atoms with Gasteiger partial charge in [0.2, 0.25) is 0 Å². The summed E-state index contributed by atoms with van der Waals surface area (Å²) in [6, 6.07) is 75.7. The predicted octanol–water partition coefficient (Wildman–Crippen LogP) is 15.7. The molecule has 0 radical (unpaired) electrons. The minimum atomic E-state index is 0.623. The molecule has 2 aromatic heterocycles. The minimum absolute atomic E-state index is 0.623. The van der Waals surface area contributed by atoms with Crippen LogP contribution in [0.5, 0.6) is 0 Å². The number of fused-ring (bicyclic) bond motifs is 7. The summed E-state index contributed by atoms with van der Waals surface area (Å²) >= 11 is 1.85. The molecule has 0 fully saturated rings. The highest BCUT2D eigenvalue weighted by Gasteiger charge is 2.21. The van der Waals surface area contributed by atoms with Crippen molar-refractivity contribution in [2.45, 2.75) is 0 Å². The summed E-state index contributed by atoms with van der Waals surface area (Å²) in [5.41, 5.74) is 9.62. The number of benzene rings is 10. The van der Waals surface area contributed by atoms with Crippen molar-refractivity contribution in [3.63, 3.8) is 0 Å². The van der Waals surface area contributed by atoms with Crippen LogP contribution >= 0.6 is 11.3 Å². The molecule has 10 aromatic carbocycles. The molecule has 0 spiro atoms. The lowest BCUT2D eigenvalue weighted by atomic mass is 9.88. The van der Waals surface area contributed by atoms with E-state index in [-0.39, 0.29) is 0 Å². The van der Waals surface area contributed by atoms with E-state index in [0.717, 1.165) is 38.9 Å². The van der Waals surface area contributed by atoms with Crippen molar-refractivity contribution in [3.8, 4) is 67.5 Å². The first-order valence-corrected chi connectivity index (χ1v) is 21.4. The first-order chi connectivity index (χ1) is 30.2. The smallest absolute Gasteiger partial charge is 0.164 e. The van der Waals surface area contributed by atoms with Crippen LogP contribution in [0.3, 0.4) is 0 Å². The Labute approximate surface area is 356 Å². The molecule has 61 heavy (non-hydrogen) atoms. The molecule has 0 amide bonds. The van der Waals surface area contributed by atoms with Crippen LogP contribution in [-0.2, 0) is 0 Å². The minimum Gasteiger partial charge on any atom is -0.208 e. The Bertz CT molecular complexity index is 3650. The van der Waals surface area contributed by atoms with Crippen molar-refractivity contribution in [1.82, 2.24) is 15.0 Å². The first kappa shape index (κ1) is 35.2. The quantitative estimate of drug-likeness (QED) is 0.124. The number of rotatable bonds is 6. The number of thiophene rings is 1. The largest absolute Gasteiger partial charge is 0.208 e. The molecule has 0 aliphatic carbocycles. The van der Waals surface area contributed by atoms with Crippen molar-refractivity contribution in [3.05, 3.63) is 212 Å². The third-order valence-electron chi connectivity index (χ3n) is 12.0. The van der Waals surface area contributed by atoms with Crippen molar-refractivity contribution in [2.75, 3.05) is 0 Å². The molecular weight excluding hydrogens is 759 g/mol. The Morgan fingerprint density at radius 3 is 1.61 bits per heavy atom. The van der Waals surface area contributed by atoms with Crippen molar-refractivity contribution >= 4 is 63.8 Å². The van der Waals surface area contributed by atoms with Gasteiger partial charge in [0.25, 0.3) is 0 Å². The van der Waals surface area contributed by atoms with Crippen molar-refractivity contribution in [2.24, 2.45) is 0 Å². The van der Waals surface area contributed by atoms with Crippen LogP contribution in [0.25, 0.3) is 120 Å². The fourth-order valence-electron chi connectivity index (χ4n) is 9.07. The van der Waals surface area contributed by atoms with Gasteiger partial charge in [0, 0.05) is 36.9 Å². The van der Waals surface area contributed by atoms with Crippen molar-refractivity contribution in [1.29, 1.82) is 0 Å². The number of hydrogen-bond donors (Lipinski definition) is 0. The third kappa shape index (κ3) is 5.99. The van der Waals surface area contributed by atoms with E-state index in [0.29, 0.717) is 17.5 Å². The van der Waals surface area contributed by atoms with E-state index in [9.17, 15) is 0 Å². The summed E-state index contributed by atoms with van der Waals surface area (Å²) in [5.74, 6) is 1.87. The summed E-state index contributed by atoms with van der Waals surface area (Å²) in [7, 11) is 0. The maximum Gasteiger partial charge on any atom is 0.164 e. The topological polar surface area (TPSA) is 38.7 Å². The lowest BCUT2D eigenvalue weighted by molar-refractivity contribution is 1.07. The molecule has 3 nitrogen and oxygen atoms in total. The fourth-order valence-corrected chi connectivity index (χ4v) is 10.3. The predicted molar refractivity (Wildman–Crippen MR) is 258 cm³/mol. The lowest BCUT2D eigenvalue weighted by Gasteiger charge is -2.17. The highest BCUT2D eigenvalue weighted by molar-refractivity contribution is 7.26. The molecule has 0 aliphatic heterocycles. The molecule has 12 aromatic rings. The Morgan fingerprint density at radius 1 is 0.279 bits per heavy atom. The molecule has 0 saturated heterocycles. The lowest BCUT2D eigenvalue weighted by Crippen LogP contribution is -2.02. The van der Waals surface area contributed by atoms with Gasteiger partial charge in [-0.1, -0.05) is 200 Å². The zero-order chi connectivity index (χ0) is 40.3. The molecular formula is C57H35N3S. The highest BCUT2D eigenvalue weighted by atomic mass is 32.1. The van der Waals surface area contributed by atoms with Crippen LogP contribution in [0.1, 0.15) is 0 Å². The number of nitrogens with zero attached hydrogens (tertiary/aromatic N) is 3. The molecule has 0 atom stereocenters. The van der Waals surface area contributed by atoms with Gasteiger partial charge in [-0.3, -0.25) is 0 Å². The molecule has 0 N–H and O–H groups in total. The fraction of sp³-hybridized carbons (Fsp3) is 0. The van der Waals surface area contributed by atoms with Gasteiger partial charge in [-0.15, -0.1) is 11.3 Å². The normalized spacial score (nSPS) is 11.6. The van der Waals surface area contributed by atoms with E-state index < -0.39 is 0 Å². The van der Waals surface area contributed by atoms with E-state index in [2.05, 4.69) is 206 Å². The van der Waals surface area contributed by atoms with E-state index in [1.54, 1.807) is 0 Å². The van der Waals surface area contributed by atoms with E-state index in [1.165, 1.54) is 63.6 Å². The molecule has 0 bridgehead atoms. The number of aromatic nitrogens is 3. The standard InChI is InChI=1S/C57H35N3S/c1-2-15-36(16-3-1)41-19-8-10-24-49(41)56-58-55(39-31-29-38(30-32-39)44-26-14-27-48-45-22-12-13-28-52(45)61-54(44)48)59-57(60-56)50-25-11-9-23-46(50)53-43-21-7-5-18-40(43)35-51-42-20-6-4-17-37(42)33-34-47(51)53/h1-35H. The molecule has 2 heterocycles. The van der Waals surface area contributed by atoms with Crippen molar-refractivity contribution < 1.29 is 0 Å². The molecule has 284 valence electrons. The van der Waals surface area contributed by atoms with Crippen LogP contribution in [0.15, 0.2) is 212 Å². The average molecular weight is 794 g/mol. The Kier molecular flexibility index (Phi) is 8.36. The van der Waals surface area contributed by atoms with Gasteiger partial charge in [0.05, 0.1) is 0 Å². The molecule has 0 saturated carbocycles. The zero-order valence-corrected chi connectivity index (χ0v) is 33.8. The van der Waals surface area contributed by atoms with Crippen LogP contribution < -0.4 is 0 Å². The maximum absolute atomic E-state index is 5.38. The molecule has 4 heteroatoms. The van der Waals surface area contributed by atoms with Crippen LogP contribution in [-0.4, -0.2) is 15.0 Å². The van der Waals surface area contributed by atoms with E-state index in [4.69, 9.17) is 15.0 Å².